The lowest BCUT2D eigenvalue weighted by molar-refractivity contribution is 0.548. The Balaban J connectivity index is 0.00000162. The second-order valence-corrected chi connectivity index (χ2v) is 8.06. The van der Waals surface area contributed by atoms with E-state index in [0.717, 1.165) is 24.2 Å². The quantitative estimate of drug-likeness (QED) is 0.856. The van der Waals surface area contributed by atoms with Gasteiger partial charge in [0.1, 0.15) is 9.23 Å². The van der Waals surface area contributed by atoms with Crippen LogP contribution in [0.5, 0.6) is 0 Å². The van der Waals surface area contributed by atoms with Crippen molar-refractivity contribution < 1.29 is 8.42 Å². The van der Waals surface area contributed by atoms with E-state index in [1.165, 1.54) is 6.07 Å². The van der Waals surface area contributed by atoms with Gasteiger partial charge in [-0.1, -0.05) is 23.2 Å². The first-order valence-corrected chi connectivity index (χ1v) is 8.16. The van der Waals surface area contributed by atoms with E-state index in [2.05, 4.69) is 4.72 Å². The normalized spacial score (nSPS) is 17.3. The van der Waals surface area contributed by atoms with Gasteiger partial charge in [-0.3, -0.25) is 0 Å². The molecule has 1 unspecified atom stereocenters. The van der Waals surface area contributed by atoms with Gasteiger partial charge in [-0.2, -0.15) is 0 Å². The molecule has 0 amide bonds. The van der Waals surface area contributed by atoms with Gasteiger partial charge in [0, 0.05) is 12.6 Å². The van der Waals surface area contributed by atoms with Crippen molar-refractivity contribution in [3.8, 4) is 0 Å². The van der Waals surface area contributed by atoms with Gasteiger partial charge in [-0.25, -0.2) is 13.1 Å². The topological polar surface area (TPSA) is 72.2 Å². The third kappa shape index (κ3) is 3.96. The van der Waals surface area contributed by atoms with Gasteiger partial charge in [-0.05, 0) is 24.8 Å². The fraction of sp³-hybridized carbons (Fsp3) is 0.556. The number of thiophene rings is 1. The van der Waals surface area contributed by atoms with Crippen molar-refractivity contribution >= 4 is 57.0 Å². The predicted molar refractivity (Wildman–Crippen MR) is 77.5 cm³/mol. The number of nitrogens with two attached hydrogens (primary N) is 1. The zero-order valence-electron chi connectivity index (χ0n) is 9.23. The molecule has 1 aliphatic carbocycles. The van der Waals surface area contributed by atoms with Gasteiger partial charge in [0.25, 0.3) is 0 Å². The van der Waals surface area contributed by atoms with Crippen molar-refractivity contribution in [3.05, 3.63) is 14.7 Å². The fourth-order valence-electron chi connectivity index (χ4n) is 1.48. The van der Waals surface area contributed by atoms with Crippen LogP contribution in [0.1, 0.15) is 12.8 Å². The molecule has 1 heterocycles. The van der Waals surface area contributed by atoms with E-state index in [1.807, 2.05) is 0 Å². The van der Waals surface area contributed by atoms with Crippen LogP contribution >= 0.6 is 46.9 Å². The third-order valence-corrected chi connectivity index (χ3v) is 5.83. The smallest absolute Gasteiger partial charge is 0.243 e. The average Bonchev–Trinajstić information content (AvgIpc) is 3.01. The first-order chi connectivity index (χ1) is 7.90. The highest BCUT2D eigenvalue weighted by atomic mass is 35.5. The van der Waals surface area contributed by atoms with Crippen LogP contribution in [0.3, 0.4) is 0 Å². The molecule has 3 N–H and O–H groups in total. The molecule has 0 aromatic carbocycles. The Hall–Kier alpha value is 0.440. The number of hydrogen-bond acceptors (Lipinski definition) is 4. The Morgan fingerprint density at radius 3 is 2.56 bits per heavy atom. The van der Waals surface area contributed by atoms with E-state index in [4.69, 9.17) is 28.9 Å². The largest absolute Gasteiger partial charge is 0.326 e. The molecule has 1 aliphatic rings. The number of halogens is 3. The third-order valence-electron chi connectivity index (χ3n) is 2.65. The molecule has 9 heteroatoms. The summed E-state index contributed by atoms with van der Waals surface area (Å²) in [4.78, 5) is 0.0252. The predicted octanol–water partition coefficient (Wildman–Crippen LogP) is 2.49. The van der Waals surface area contributed by atoms with Crippen molar-refractivity contribution in [1.82, 2.24) is 4.72 Å². The molecular weight excluding hydrogens is 339 g/mol. The molecule has 1 saturated carbocycles. The molecule has 0 radical (unpaired) electrons. The summed E-state index contributed by atoms with van der Waals surface area (Å²) in [6, 6.07) is 1.22. The van der Waals surface area contributed by atoms with Gasteiger partial charge >= 0.3 is 0 Å². The van der Waals surface area contributed by atoms with Crippen molar-refractivity contribution in [2.24, 2.45) is 11.7 Å². The molecule has 0 aliphatic heterocycles. The standard InChI is InChI=1S/C9H12Cl2N2O2S2.ClH/c10-8-3-7(9(11)16-8)17(14,15)13-4-6(12)5-1-2-5;/h3,5-6,13H,1-2,4,12H2;1H. The zero-order valence-corrected chi connectivity index (χ0v) is 13.2. The SMILES string of the molecule is Cl.NC(CNS(=O)(=O)c1cc(Cl)sc1Cl)C1CC1. The molecule has 18 heavy (non-hydrogen) atoms. The van der Waals surface area contributed by atoms with E-state index in [1.54, 1.807) is 0 Å². The summed E-state index contributed by atoms with van der Waals surface area (Å²) >= 11 is 12.5. The van der Waals surface area contributed by atoms with E-state index in [-0.39, 0.29) is 34.2 Å². The highest BCUT2D eigenvalue weighted by molar-refractivity contribution is 7.89. The number of sulfonamides is 1. The summed E-state index contributed by atoms with van der Waals surface area (Å²) in [6.07, 6.45) is 2.15. The summed E-state index contributed by atoms with van der Waals surface area (Å²) < 4.78 is 26.8. The highest BCUT2D eigenvalue weighted by Gasteiger charge is 2.30. The minimum absolute atomic E-state index is 0. The van der Waals surface area contributed by atoms with Gasteiger partial charge in [-0.15, -0.1) is 23.7 Å². The molecule has 0 saturated heterocycles. The highest BCUT2D eigenvalue weighted by Crippen LogP contribution is 2.34. The molecule has 0 bridgehead atoms. The maximum absolute atomic E-state index is 11.9. The first kappa shape index (κ1) is 16.5. The second kappa shape index (κ2) is 6.26. The Bertz CT molecular complexity index is 514. The van der Waals surface area contributed by atoms with Crippen LogP contribution in [0.4, 0.5) is 0 Å². The van der Waals surface area contributed by atoms with Crippen LogP contribution in [-0.2, 0) is 10.0 Å². The van der Waals surface area contributed by atoms with Crippen molar-refractivity contribution in [2.45, 2.75) is 23.8 Å². The average molecular weight is 352 g/mol. The monoisotopic (exact) mass is 350 g/mol. The lowest BCUT2D eigenvalue weighted by Crippen LogP contribution is -2.38. The molecule has 4 nitrogen and oxygen atoms in total. The molecular formula is C9H13Cl3N2O2S2. The van der Waals surface area contributed by atoms with Crippen molar-refractivity contribution in [3.63, 3.8) is 0 Å². The first-order valence-electron chi connectivity index (χ1n) is 5.10. The van der Waals surface area contributed by atoms with E-state index >= 15 is 0 Å². The molecule has 1 atom stereocenters. The van der Waals surface area contributed by atoms with Gasteiger partial charge in [0.05, 0.1) is 4.34 Å². The van der Waals surface area contributed by atoms with Crippen LogP contribution in [0.2, 0.25) is 8.67 Å². The second-order valence-electron chi connectivity index (χ2n) is 4.04. The summed E-state index contributed by atoms with van der Waals surface area (Å²) in [7, 11) is -3.61. The van der Waals surface area contributed by atoms with E-state index < -0.39 is 10.0 Å². The molecule has 1 aromatic heterocycles. The number of rotatable bonds is 5. The minimum Gasteiger partial charge on any atom is -0.326 e. The zero-order chi connectivity index (χ0) is 12.6. The van der Waals surface area contributed by atoms with Gasteiger partial charge < -0.3 is 5.73 Å². The molecule has 1 fully saturated rings. The molecule has 2 rings (SSSR count). The van der Waals surface area contributed by atoms with Crippen LogP contribution in [0.25, 0.3) is 0 Å². The summed E-state index contributed by atoms with van der Waals surface area (Å²) in [6.45, 7) is 0.233. The van der Waals surface area contributed by atoms with Crippen LogP contribution in [0.15, 0.2) is 11.0 Å². The van der Waals surface area contributed by atoms with E-state index in [9.17, 15) is 8.42 Å². The van der Waals surface area contributed by atoms with Crippen molar-refractivity contribution in [2.75, 3.05) is 6.54 Å². The Kier molecular flexibility index (Phi) is 5.74. The summed E-state index contributed by atoms with van der Waals surface area (Å²) in [5.41, 5.74) is 5.82. The van der Waals surface area contributed by atoms with Gasteiger partial charge in [0.2, 0.25) is 10.0 Å². The summed E-state index contributed by atoms with van der Waals surface area (Å²) in [5.74, 6) is 0.444. The molecule has 0 spiro atoms. The van der Waals surface area contributed by atoms with Gasteiger partial charge in [0.15, 0.2) is 0 Å². The van der Waals surface area contributed by atoms with Crippen molar-refractivity contribution in [1.29, 1.82) is 0 Å². The van der Waals surface area contributed by atoms with Crippen LogP contribution in [-0.4, -0.2) is 21.0 Å². The number of nitrogens with one attached hydrogen (secondary N) is 1. The van der Waals surface area contributed by atoms with E-state index in [0.29, 0.717) is 10.3 Å². The fourth-order valence-corrected chi connectivity index (χ4v) is 4.70. The van der Waals surface area contributed by atoms with Crippen LogP contribution in [0, 0.1) is 5.92 Å². The lowest BCUT2D eigenvalue weighted by Gasteiger charge is -2.11. The molecule has 104 valence electrons. The Morgan fingerprint density at radius 1 is 1.50 bits per heavy atom. The molecule has 1 aromatic rings. The van der Waals surface area contributed by atoms with Crippen LogP contribution < -0.4 is 10.5 Å². The Labute approximate surface area is 126 Å². The minimum atomic E-state index is -3.61. The lowest BCUT2D eigenvalue weighted by atomic mass is 10.2. The summed E-state index contributed by atoms with van der Waals surface area (Å²) in [5, 5.41) is 0. The maximum Gasteiger partial charge on any atom is 0.243 e. The Morgan fingerprint density at radius 2 is 2.11 bits per heavy atom. The maximum atomic E-state index is 11.9. The number of hydrogen-bond donors (Lipinski definition) is 2.